The van der Waals surface area contributed by atoms with Crippen LogP contribution in [0, 0.1) is 0 Å². The second-order valence-corrected chi connectivity index (χ2v) is 9.23. The molecule has 0 unspecified atom stereocenters. The van der Waals surface area contributed by atoms with Gasteiger partial charge in [-0.15, -0.1) is 11.8 Å². The molecule has 0 aromatic heterocycles. The maximum absolute atomic E-state index is 12.4. The molecule has 0 aliphatic rings. The largest absolute Gasteiger partial charge is 0.352 e. The van der Waals surface area contributed by atoms with Gasteiger partial charge < -0.3 is 5.32 Å². The van der Waals surface area contributed by atoms with Gasteiger partial charge in [0.1, 0.15) is 0 Å². The van der Waals surface area contributed by atoms with Crippen LogP contribution in [0.15, 0.2) is 64.4 Å². The van der Waals surface area contributed by atoms with Crippen molar-refractivity contribution in [1.29, 1.82) is 0 Å². The van der Waals surface area contributed by atoms with Gasteiger partial charge in [0.2, 0.25) is 15.9 Å². The lowest BCUT2D eigenvalue weighted by molar-refractivity contribution is -0.121. The highest BCUT2D eigenvalue weighted by molar-refractivity contribution is 7.99. The third-order valence-corrected chi connectivity index (χ3v) is 6.78. The Kier molecular flexibility index (Phi) is 7.68. The topological polar surface area (TPSA) is 66.5 Å². The predicted molar refractivity (Wildman–Crippen MR) is 106 cm³/mol. The number of carbonyl (C=O) groups excluding carboxylic acids is 1. The second-order valence-electron chi connectivity index (χ2n) is 5.94. The molecule has 0 bridgehead atoms. The average Bonchev–Trinajstić information content (AvgIpc) is 2.64. The van der Waals surface area contributed by atoms with Gasteiger partial charge in [-0.05, 0) is 35.9 Å². The van der Waals surface area contributed by atoms with E-state index in [9.17, 15) is 13.2 Å². The van der Waals surface area contributed by atoms with Crippen LogP contribution in [0.25, 0.3) is 0 Å². The van der Waals surface area contributed by atoms with Crippen molar-refractivity contribution in [3.8, 4) is 0 Å². The van der Waals surface area contributed by atoms with Crippen LogP contribution >= 0.6 is 11.8 Å². The Morgan fingerprint density at radius 1 is 1.04 bits per heavy atom. The summed E-state index contributed by atoms with van der Waals surface area (Å²) in [7, 11) is -0.538. The highest BCUT2D eigenvalue weighted by Gasteiger charge is 2.20. The first kappa shape index (κ1) is 20.5. The fourth-order valence-electron chi connectivity index (χ4n) is 2.32. The zero-order valence-electron chi connectivity index (χ0n) is 15.0. The number of benzene rings is 2. The Balaban J connectivity index is 1.82. The van der Waals surface area contributed by atoms with Crippen LogP contribution in [0.1, 0.15) is 18.4 Å². The Bertz CT molecular complexity index is 822. The van der Waals surface area contributed by atoms with E-state index in [0.717, 1.165) is 12.2 Å². The van der Waals surface area contributed by atoms with Crippen molar-refractivity contribution in [1.82, 2.24) is 9.62 Å². The molecule has 0 atom stereocenters. The van der Waals surface area contributed by atoms with E-state index in [-0.39, 0.29) is 17.3 Å². The number of hydrogen-bond donors (Lipinski definition) is 1. The van der Waals surface area contributed by atoms with E-state index >= 15 is 0 Å². The van der Waals surface area contributed by atoms with Gasteiger partial charge >= 0.3 is 0 Å². The minimum absolute atomic E-state index is 0.0734. The van der Waals surface area contributed by atoms with E-state index in [2.05, 4.69) is 5.32 Å². The molecule has 0 saturated heterocycles. The lowest BCUT2D eigenvalue weighted by Gasteiger charge is -2.15. The van der Waals surface area contributed by atoms with Crippen LogP contribution in [0.3, 0.4) is 0 Å². The molecule has 140 valence electrons. The number of thioether (sulfide) groups is 1. The van der Waals surface area contributed by atoms with E-state index < -0.39 is 10.0 Å². The molecule has 0 heterocycles. The van der Waals surface area contributed by atoms with E-state index in [4.69, 9.17) is 0 Å². The maximum atomic E-state index is 12.4. The molecule has 2 aromatic carbocycles. The van der Waals surface area contributed by atoms with Gasteiger partial charge in [0.15, 0.2) is 0 Å². The molecule has 2 rings (SSSR count). The molecule has 0 fully saturated rings. The Morgan fingerprint density at radius 3 is 2.38 bits per heavy atom. The predicted octanol–water partition coefficient (Wildman–Crippen LogP) is 3.13. The van der Waals surface area contributed by atoms with E-state index in [1.807, 2.05) is 30.3 Å². The van der Waals surface area contributed by atoms with E-state index in [1.54, 1.807) is 36.0 Å². The lowest BCUT2D eigenvalue weighted by atomic mass is 10.2. The number of amides is 1. The van der Waals surface area contributed by atoms with Crippen LogP contribution in [0.4, 0.5) is 0 Å². The van der Waals surface area contributed by atoms with Crippen LogP contribution in [-0.4, -0.2) is 38.5 Å². The van der Waals surface area contributed by atoms with Gasteiger partial charge in [0.25, 0.3) is 0 Å². The number of rotatable bonds is 9. The monoisotopic (exact) mass is 392 g/mol. The van der Waals surface area contributed by atoms with Crippen molar-refractivity contribution in [2.24, 2.45) is 0 Å². The van der Waals surface area contributed by atoms with Crippen LogP contribution in [0.2, 0.25) is 0 Å². The first-order valence-corrected chi connectivity index (χ1v) is 10.8. The maximum Gasteiger partial charge on any atom is 0.242 e. The summed E-state index contributed by atoms with van der Waals surface area (Å²) >= 11 is 1.72. The number of nitrogens with zero attached hydrogens (tertiary/aromatic N) is 1. The number of sulfonamides is 1. The summed E-state index contributed by atoms with van der Waals surface area (Å²) in [6, 6.07) is 16.8. The number of hydrogen-bond acceptors (Lipinski definition) is 4. The summed E-state index contributed by atoms with van der Waals surface area (Å²) in [5, 5.41) is 2.82. The van der Waals surface area contributed by atoms with Gasteiger partial charge in [-0.1, -0.05) is 36.4 Å². The Hall–Kier alpha value is -1.83. The molecule has 1 amide bonds. The molecule has 0 spiro atoms. The number of carbonyl (C=O) groups is 1. The molecule has 7 heteroatoms. The average molecular weight is 393 g/mol. The number of nitrogens with one attached hydrogen (secondary N) is 1. The van der Waals surface area contributed by atoms with Crippen molar-refractivity contribution in [2.45, 2.75) is 29.2 Å². The molecule has 2 aromatic rings. The van der Waals surface area contributed by atoms with Gasteiger partial charge in [0.05, 0.1) is 4.90 Å². The summed E-state index contributed by atoms with van der Waals surface area (Å²) in [4.78, 5) is 13.5. The highest BCUT2D eigenvalue weighted by Crippen LogP contribution is 2.19. The van der Waals surface area contributed by atoms with Crippen molar-refractivity contribution < 1.29 is 13.2 Å². The third kappa shape index (κ3) is 5.86. The quantitative estimate of drug-likeness (QED) is 0.526. The summed E-state index contributed by atoms with van der Waals surface area (Å²) in [6.07, 6.45) is 1.19. The molecular weight excluding hydrogens is 368 g/mol. The molecule has 1 N–H and O–H groups in total. The summed E-state index contributed by atoms with van der Waals surface area (Å²) in [5.74, 6) is 0.791. The molecular formula is C19H24N2O3S2. The first-order valence-electron chi connectivity index (χ1n) is 8.36. The summed E-state index contributed by atoms with van der Waals surface area (Å²) in [6.45, 7) is 0.202. The molecule has 0 saturated carbocycles. The van der Waals surface area contributed by atoms with Crippen molar-refractivity contribution in [3.05, 3.63) is 60.2 Å². The highest BCUT2D eigenvalue weighted by atomic mass is 32.2. The molecule has 0 aliphatic carbocycles. The van der Waals surface area contributed by atoms with Crippen molar-refractivity contribution in [2.75, 3.05) is 19.8 Å². The normalized spacial score (nSPS) is 11.5. The van der Waals surface area contributed by atoms with Gasteiger partial charge in [-0.3, -0.25) is 4.79 Å². The zero-order valence-corrected chi connectivity index (χ0v) is 16.6. The minimum Gasteiger partial charge on any atom is -0.352 e. The van der Waals surface area contributed by atoms with Crippen molar-refractivity contribution in [3.63, 3.8) is 0 Å². The zero-order chi connectivity index (χ0) is 19.0. The summed E-state index contributed by atoms with van der Waals surface area (Å²) in [5.41, 5.74) is 0.591. The Morgan fingerprint density at radius 2 is 1.69 bits per heavy atom. The van der Waals surface area contributed by atoms with E-state index in [0.29, 0.717) is 12.0 Å². The van der Waals surface area contributed by atoms with Gasteiger partial charge in [-0.25, -0.2) is 12.7 Å². The van der Waals surface area contributed by atoms with Crippen LogP contribution in [0.5, 0.6) is 0 Å². The van der Waals surface area contributed by atoms with E-state index in [1.165, 1.54) is 23.3 Å². The second kappa shape index (κ2) is 9.75. The molecule has 0 aliphatic heterocycles. The minimum atomic E-state index is -3.53. The molecule has 26 heavy (non-hydrogen) atoms. The Labute approximate surface area is 159 Å². The van der Waals surface area contributed by atoms with Crippen LogP contribution in [-0.2, 0) is 21.4 Å². The fourth-order valence-corrected chi connectivity index (χ4v) is 4.31. The standard InChI is InChI=1S/C19H24N2O3S2/c1-21(2)26(23,24)18-12-7-6-9-16(18)15-20-19(22)13-8-14-25-17-10-4-3-5-11-17/h3-7,9-12H,8,13-15H2,1-2H3,(H,20,22). The lowest BCUT2D eigenvalue weighted by Crippen LogP contribution is -2.27. The third-order valence-electron chi connectivity index (χ3n) is 3.77. The smallest absolute Gasteiger partial charge is 0.242 e. The van der Waals surface area contributed by atoms with Gasteiger partial charge in [-0.2, -0.15) is 0 Å². The molecule has 5 nitrogen and oxygen atoms in total. The molecule has 0 radical (unpaired) electrons. The van der Waals surface area contributed by atoms with Crippen LogP contribution < -0.4 is 5.32 Å². The van der Waals surface area contributed by atoms with Gasteiger partial charge in [0, 0.05) is 32.0 Å². The first-order chi connectivity index (χ1) is 12.4. The SMILES string of the molecule is CN(C)S(=O)(=O)c1ccccc1CNC(=O)CCCSc1ccccc1. The van der Waals surface area contributed by atoms with Crippen molar-refractivity contribution >= 4 is 27.7 Å². The fraction of sp³-hybridized carbons (Fsp3) is 0.316. The summed E-state index contributed by atoms with van der Waals surface area (Å²) < 4.78 is 25.9.